The van der Waals surface area contributed by atoms with Crippen molar-refractivity contribution >= 4 is 60.9 Å². The lowest BCUT2D eigenvalue weighted by Gasteiger charge is -2.44. The monoisotopic (exact) mass is 671 g/mol. The minimum atomic E-state index is -0.852. The Morgan fingerprint density at radius 2 is 1.98 bits per heavy atom. The number of thiazole rings is 1. The van der Waals surface area contributed by atoms with Crippen LogP contribution in [0.5, 0.6) is 6.01 Å². The Labute approximate surface area is 272 Å². The molecule has 14 heteroatoms. The molecular formula is C32H33ClF3N7O2S. The Kier molecular flexibility index (Phi) is 7.97. The molecule has 0 aliphatic carbocycles. The number of aromatic nitrogens is 3. The summed E-state index contributed by atoms with van der Waals surface area (Å²) in [5, 5.41) is 0.570. The fourth-order valence-electron chi connectivity index (χ4n) is 7.25. The van der Waals surface area contributed by atoms with Crippen LogP contribution >= 0.6 is 22.9 Å². The van der Waals surface area contributed by atoms with Crippen molar-refractivity contribution in [3.8, 4) is 17.1 Å². The number of nitrogen functional groups attached to an aromatic ring is 1. The third kappa shape index (κ3) is 5.22. The summed E-state index contributed by atoms with van der Waals surface area (Å²) >= 11 is 7.77. The molecule has 242 valence electrons. The molecule has 2 aromatic carbocycles. The van der Waals surface area contributed by atoms with Gasteiger partial charge in [-0.2, -0.15) is 9.97 Å². The van der Waals surface area contributed by atoms with Crippen LogP contribution in [0.4, 0.5) is 24.1 Å². The number of piperazine rings is 1. The number of rotatable bonds is 6. The highest BCUT2D eigenvalue weighted by Gasteiger charge is 2.42. The molecule has 0 spiro atoms. The number of carbonyl (C=O) groups is 1. The second-order valence-electron chi connectivity index (χ2n) is 12.4. The summed E-state index contributed by atoms with van der Waals surface area (Å²) < 4.78 is 52.0. The van der Waals surface area contributed by atoms with Crippen LogP contribution in [0.25, 0.3) is 32.2 Å². The number of alkyl halides is 1. The average Bonchev–Trinajstić information content (AvgIpc) is 3.71. The Bertz CT molecular complexity index is 1880. The Balaban J connectivity index is 1.34. The molecule has 3 saturated heterocycles. The second kappa shape index (κ2) is 11.8. The van der Waals surface area contributed by atoms with Crippen molar-refractivity contribution in [3.63, 3.8) is 0 Å². The highest BCUT2D eigenvalue weighted by atomic mass is 35.5. The maximum absolute atomic E-state index is 16.8. The molecule has 5 atom stereocenters. The summed E-state index contributed by atoms with van der Waals surface area (Å²) in [7, 11) is 0. The molecule has 0 bridgehead atoms. The van der Waals surface area contributed by atoms with Crippen LogP contribution in [0.1, 0.15) is 26.7 Å². The van der Waals surface area contributed by atoms with Crippen LogP contribution in [0.2, 0.25) is 5.02 Å². The molecule has 7 rings (SSSR count). The highest BCUT2D eigenvalue weighted by Crippen LogP contribution is 2.43. The number of halogens is 4. The van der Waals surface area contributed by atoms with Gasteiger partial charge in [0.15, 0.2) is 10.9 Å². The van der Waals surface area contributed by atoms with Crippen molar-refractivity contribution < 1.29 is 22.7 Å². The largest absolute Gasteiger partial charge is 0.463 e. The molecule has 2 aromatic heterocycles. The molecule has 2 N–H and O–H groups in total. The van der Waals surface area contributed by atoms with Crippen molar-refractivity contribution in [1.82, 2.24) is 24.8 Å². The fraction of sp³-hybridized carbons (Fsp3) is 0.438. The SMILES string of the molecule is C=CC(=O)N1C[C@H](C)N(c2nc(OC[C@H]3CCN4C[C@H](F)CC34)nc3c(F)c(-c4ccc(F)c5sc(N)nc45)c(Cl)cc23)C[C@H]1C. The molecule has 46 heavy (non-hydrogen) atoms. The van der Waals surface area contributed by atoms with Crippen molar-refractivity contribution in [2.45, 2.75) is 51.0 Å². The first-order valence-electron chi connectivity index (χ1n) is 15.3. The Morgan fingerprint density at radius 1 is 1.17 bits per heavy atom. The van der Waals surface area contributed by atoms with Gasteiger partial charge in [-0.25, -0.2) is 18.2 Å². The van der Waals surface area contributed by atoms with E-state index in [9.17, 15) is 13.6 Å². The van der Waals surface area contributed by atoms with Gasteiger partial charge in [0.05, 0.1) is 21.8 Å². The predicted octanol–water partition coefficient (Wildman–Crippen LogP) is 5.84. The normalized spacial score (nSPS) is 25.0. The number of hydrogen-bond acceptors (Lipinski definition) is 9. The lowest BCUT2D eigenvalue weighted by Crippen LogP contribution is -2.58. The summed E-state index contributed by atoms with van der Waals surface area (Å²) in [6.45, 7) is 9.80. The molecule has 3 aliphatic rings. The number of amides is 1. The van der Waals surface area contributed by atoms with E-state index < -0.39 is 17.8 Å². The highest BCUT2D eigenvalue weighted by molar-refractivity contribution is 7.22. The number of benzene rings is 2. The Morgan fingerprint density at radius 3 is 2.76 bits per heavy atom. The second-order valence-corrected chi connectivity index (χ2v) is 13.8. The zero-order valence-corrected chi connectivity index (χ0v) is 26.9. The van der Waals surface area contributed by atoms with E-state index in [4.69, 9.17) is 27.1 Å². The number of nitrogens with zero attached hydrogens (tertiary/aromatic N) is 6. The van der Waals surface area contributed by atoms with E-state index in [1.165, 1.54) is 18.2 Å². The van der Waals surface area contributed by atoms with Gasteiger partial charge < -0.3 is 20.3 Å². The van der Waals surface area contributed by atoms with Gasteiger partial charge in [-0.05, 0) is 57.5 Å². The van der Waals surface area contributed by atoms with Crippen molar-refractivity contribution in [3.05, 3.63) is 47.5 Å². The number of anilines is 2. The lowest BCUT2D eigenvalue weighted by atomic mass is 9.99. The summed E-state index contributed by atoms with van der Waals surface area (Å²) in [6, 6.07) is 3.93. The smallest absolute Gasteiger partial charge is 0.319 e. The van der Waals surface area contributed by atoms with Gasteiger partial charge in [0.2, 0.25) is 5.91 Å². The maximum Gasteiger partial charge on any atom is 0.319 e. The number of nitrogens with two attached hydrogens (primary N) is 1. The van der Waals surface area contributed by atoms with E-state index in [1.807, 2.05) is 18.7 Å². The molecule has 4 aromatic rings. The molecule has 1 amide bonds. The zero-order chi connectivity index (χ0) is 32.4. The van der Waals surface area contributed by atoms with Crippen molar-refractivity contribution in [1.29, 1.82) is 0 Å². The number of fused-ring (bicyclic) bond motifs is 3. The molecule has 5 heterocycles. The van der Waals surface area contributed by atoms with E-state index in [0.717, 1.165) is 24.3 Å². The topological polar surface area (TPSA) is 101 Å². The number of hydrogen-bond donors (Lipinski definition) is 1. The standard InChI is InChI=1S/C32H33ClF3N7O2S/c1-4-24(44)42-11-16(3)43(12-15(42)2)30-20-10-21(33)25(19-5-6-22(35)29-28(19)38-31(37)46-29)26(36)27(20)39-32(40-30)45-14-17-7-8-41-13-18(34)9-23(17)41/h4-6,10,15-18,23H,1,7-9,11-14H2,2-3H3,(H2,37,38)/t15-,16+,17-,18-,23?/m1/s1. The van der Waals surface area contributed by atoms with Gasteiger partial charge in [0.25, 0.3) is 0 Å². The minimum absolute atomic E-state index is 0.00857. The van der Waals surface area contributed by atoms with Gasteiger partial charge in [0, 0.05) is 60.2 Å². The van der Waals surface area contributed by atoms with E-state index in [1.54, 1.807) is 11.0 Å². The van der Waals surface area contributed by atoms with Crippen LogP contribution in [-0.2, 0) is 4.79 Å². The minimum Gasteiger partial charge on any atom is -0.463 e. The van der Waals surface area contributed by atoms with E-state index in [2.05, 4.69) is 21.4 Å². The van der Waals surface area contributed by atoms with Crippen LogP contribution in [0.15, 0.2) is 30.9 Å². The van der Waals surface area contributed by atoms with Crippen molar-refractivity contribution in [2.75, 3.05) is 43.4 Å². The van der Waals surface area contributed by atoms with Gasteiger partial charge >= 0.3 is 6.01 Å². The lowest BCUT2D eigenvalue weighted by molar-refractivity contribution is -0.128. The van der Waals surface area contributed by atoms with Gasteiger partial charge in [0.1, 0.15) is 23.3 Å². The van der Waals surface area contributed by atoms with E-state index >= 15 is 4.39 Å². The first kappa shape index (κ1) is 30.9. The summed E-state index contributed by atoms with van der Waals surface area (Å²) in [5.74, 6) is -0.925. The molecule has 1 unspecified atom stereocenters. The predicted molar refractivity (Wildman–Crippen MR) is 174 cm³/mol. The maximum atomic E-state index is 16.8. The molecule has 9 nitrogen and oxygen atoms in total. The van der Waals surface area contributed by atoms with Gasteiger partial charge in [-0.1, -0.05) is 29.5 Å². The summed E-state index contributed by atoms with van der Waals surface area (Å²) in [5.41, 5.74) is 6.36. The molecule has 0 saturated carbocycles. The number of carbonyl (C=O) groups excluding carboxylic acids is 1. The van der Waals surface area contributed by atoms with Crippen LogP contribution in [-0.4, -0.2) is 87.7 Å². The molecule has 3 fully saturated rings. The Hall–Kier alpha value is -3.68. The molecular weight excluding hydrogens is 639 g/mol. The summed E-state index contributed by atoms with van der Waals surface area (Å²) in [6.07, 6.45) is 1.76. The van der Waals surface area contributed by atoms with E-state index in [-0.39, 0.29) is 79.6 Å². The van der Waals surface area contributed by atoms with Crippen LogP contribution in [0, 0.1) is 17.6 Å². The third-order valence-electron chi connectivity index (χ3n) is 9.50. The van der Waals surface area contributed by atoms with Gasteiger partial charge in [-0.3, -0.25) is 9.69 Å². The van der Waals surface area contributed by atoms with Crippen LogP contribution < -0.4 is 15.4 Å². The van der Waals surface area contributed by atoms with Crippen LogP contribution in [0.3, 0.4) is 0 Å². The first-order valence-corrected chi connectivity index (χ1v) is 16.5. The van der Waals surface area contributed by atoms with Gasteiger partial charge in [-0.15, -0.1) is 0 Å². The summed E-state index contributed by atoms with van der Waals surface area (Å²) in [4.78, 5) is 32.0. The third-order valence-corrected chi connectivity index (χ3v) is 10.7. The zero-order valence-electron chi connectivity index (χ0n) is 25.4. The quantitative estimate of drug-likeness (QED) is 0.255. The number of ether oxygens (including phenoxy) is 1. The van der Waals surface area contributed by atoms with Crippen molar-refractivity contribution in [2.24, 2.45) is 5.92 Å². The molecule has 0 radical (unpaired) electrons. The van der Waals surface area contributed by atoms with E-state index in [0.29, 0.717) is 37.3 Å². The first-order chi connectivity index (χ1) is 22.0. The average molecular weight is 672 g/mol. The molecule has 3 aliphatic heterocycles. The fourth-order valence-corrected chi connectivity index (χ4v) is 8.31.